The summed E-state index contributed by atoms with van der Waals surface area (Å²) in [6, 6.07) is 1.71. The van der Waals surface area contributed by atoms with E-state index in [0.29, 0.717) is 36.4 Å². The average molecular weight is 596 g/mol. The summed E-state index contributed by atoms with van der Waals surface area (Å²) in [5.74, 6) is 1.14. The molecule has 3 amide bonds. The van der Waals surface area contributed by atoms with Crippen molar-refractivity contribution in [2.24, 2.45) is 17.6 Å². The molecule has 36 heavy (non-hydrogen) atoms. The van der Waals surface area contributed by atoms with Gasteiger partial charge in [0.1, 0.15) is 0 Å². The third kappa shape index (κ3) is 5.48. The number of likely N-dealkylation sites (tertiary alicyclic amines) is 2. The molecule has 1 unspecified atom stereocenters. The van der Waals surface area contributed by atoms with Crippen LogP contribution in [0.4, 0.5) is 4.79 Å². The number of pyridine rings is 1. The second-order valence-corrected chi connectivity index (χ2v) is 12.6. The van der Waals surface area contributed by atoms with E-state index in [4.69, 9.17) is 33.9 Å². The predicted octanol–water partition coefficient (Wildman–Crippen LogP) is 5.77. The summed E-state index contributed by atoms with van der Waals surface area (Å²) in [5.41, 5.74) is 10.4. The number of aromatic nitrogens is 1. The van der Waals surface area contributed by atoms with Gasteiger partial charge in [0.05, 0.1) is 16.1 Å². The van der Waals surface area contributed by atoms with Crippen molar-refractivity contribution in [1.29, 1.82) is 0 Å². The molecule has 3 heterocycles. The second kappa shape index (κ2) is 11.0. The molecule has 0 bridgehead atoms. The van der Waals surface area contributed by atoms with Crippen molar-refractivity contribution < 1.29 is 9.59 Å². The van der Waals surface area contributed by atoms with Crippen LogP contribution in [0.2, 0.25) is 5.02 Å². The highest BCUT2D eigenvalue weighted by molar-refractivity contribution is 9.11. The van der Waals surface area contributed by atoms with Gasteiger partial charge in [-0.25, -0.2) is 4.79 Å². The maximum atomic E-state index is 13.1. The fraction of sp³-hybridized carbons (Fsp3) is 0.593. The second-order valence-electron chi connectivity index (χ2n) is 10.6. The molecule has 2 fully saturated rings. The Labute approximate surface area is 231 Å². The number of carbonyl (C=O) groups is 2. The number of urea groups is 1. The molecule has 9 heteroatoms. The van der Waals surface area contributed by atoms with Gasteiger partial charge in [-0.15, -0.1) is 11.6 Å². The standard InChI is InChI=1S/C27H33BrCl2N4O2/c28-22-14-20(29)12-18-1-2-19-13-21(30)15-32-26(19)25(24(18)22)17-5-9-33(10-6-17)23(35)11-16-3-7-34(8-4-16)27(31)36/h12-13,15-17,20,25H,1-11,14H2,(H2,31,36)/t20?,25-/m1/s1. The Bertz CT molecular complexity index is 1090. The summed E-state index contributed by atoms with van der Waals surface area (Å²) in [6.07, 6.45) is 10.8. The van der Waals surface area contributed by atoms with Gasteiger partial charge in [0.2, 0.25) is 5.91 Å². The Morgan fingerprint density at radius 1 is 1.08 bits per heavy atom. The Kier molecular flexibility index (Phi) is 7.99. The monoisotopic (exact) mass is 594 g/mol. The molecule has 1 aromatic rings. The molecule has 6 nitrogen and oxygen atoms in total. The summed E-state index contributed by atoms with van der Waals surface area (Å²) in [7, 11) is 0. The number of amides is 3. The minimum absolute atomic E-state index is 0.00541. The van der Waals surface area contributed by atoms with Gasteiger partial charge < -0.3 is 15.5 Å². The van der Waals surface area contributed by atoms with E-state index in [1.807, 2.05) is 4.90 Å². The van der Waals surface area contributed by atoms with Crippen molar-refractivity contribution >= 4 is 51.1 Å². The first kappa shape index (κ1) is 26.1. The predicted molar refractivity (Wildman–Crippen MR) is 146 cm³/mol. The third-order valence-corrected chi connectivity index (χ3v) is 9.62. The van der Waals surface area contributed by atoms with E-state index in [1.165, 1.54) is 21.2 Å². The SMILES string of the molecule is NC(=O)N1CCC(CC(=O)N2CCC([C@@H]3C4=C(Br)CC(Cl)C=C4CCc4cc(Cl)cnc43)CC2)CC1. The highest BCUT2D eigenvalue weighted by Crippen LogP contribution is 2.50. The topological polar surface area (TPSA) is 79.5 Å². The van der Waals surface area contributed by atoms with Crippen LogP contribution in [0.5, 0.6) is 0 Å². The highest BCUT2D eigenvalue weighted by atomic mass is 79.9. The Balaban J connectivity index is 1.29. The van der Waals surface area contributed by atoms with Crippen molar-refractivity contribution in [3.8, 4) is 0 Å². The van der Waals surface area contributed by atoms with Crippen LogP contribution in [-0.4, -0.2) is 58.3 Å². The number of hydrogen-bond acceptors (Lipinski definition) is 3. The molecule has 2 N–H and O–H groups in total. The lowest BCUT2D eigenvalue weighted by Crippen LogP contribution is -2.44. The first-order chi connectivity index (χ1) is 17.3. The highest BCUT2D eigenvalue weighted by Gasteiger charge is 2.39. The normalized spacial score (nSPS) is 25.7. The fourth-order valence-corrected chi connectivity index (χ4v) is 7.98. The first-order valence-electron chi connectivity index (χ1n) is 13.0. The molecule has 194 valence electrons. The van der Waals surface area contributed by atoms with Crippen LogP contribution in [0.1, 0.15) is 62.1 Å². The summed E-state index contributed by atoms with van der Waals surface area (Å²) < 4.78 is 1.19. The number of carbonyl (C=O) groups excluding carboxylic acids is 2. The van der Waals surface area contributed by atoms with E-state index in [0.717, 1.165) is 63.7 Å². The van der Waals surface area contributed by atoms with Gasteiger partial charge in [-0.2, -0.15) is 0 Å². The van der Waals surface area contributed by atoms with Gasteiger partial charge >= 0.3 is 6.03 Å². The lowest BCUT2D eigenvalue weighted by atomic mass is 9.74. The van der Waals surface area contributed by atoms with Crippen molar-refractivity contribution in [3.05, 3.63) is 50.2 Å². The van der Waals surface area contributed by atoms with E-state index >= 15 is 0 Å². The van der Waals surface area contributed by atoms with Crippen LogP contribution in [0.25, 0.3) is 0 Å². The summed E-state index contributed by atoms with van der Waals surface area (Å²) in [5, 5.41) is 0.683. The van der Waals surface area contributed by atoms with Gasteiger partial charge in [0.25, 0.3) is 0 Å². The number of allylic oxidation sites excluding steroid dienone is 4. The molecular formula is C27H33BrCl2N4O2. The molecule has 4 aliphatic rings. The number of alkyl halides is 1. The minimum Gasteiger partial charge on any atom is -0.351 e. The number of fused-ring (bicyclic) bond motifs is 2. The van der Waals surface area contributed by atoms with Crippen LogP contribution in [0, 0.1) is 11.8 Å². The summed E-state index contributed by atoms with van der Waals surface area (Å²) >= 11 is 16.8. The van der Waals surface area contributed by atoms with Crippen molar-refractivity contribution in [2.45, 2.75) is 62.7 Å². The molecule has 0 saturated carbocycles. The zero-order valence-corrected chi connectivity index (χ0v) is 23.5. The maximum absolute atomic E-state index is 13.1. The molecule has 2 atom stereocenters. The number of rotatable bonds is 3. The van der Waals surface area contributed by atoms with Crippen molar-refractivity contribution in [3.63, 3.8) is 0 Å². The van der Waals surface area contributed by atoms with Crippen molar-refractivity contribution in [1.82, 2.24) is 14.8 Å². The van der Waals surface area contributed by atoms with Crippen LogP contribution in [0.15, 0.2) is 34.0 Å². The van der Waals surface area contributed by atoms with Crippen LogP contribution < -0.4 is 5.73 Å². The smallest absolute Gasteiger partial charge is 0.314 e. The largest absolute Gasteiger partial charge is 0.351 e. The van der Waals surface area contributed by atoms with Gasteiger partial charge in [-0.05, 0) is 79.6 Å². The Morgan fingerprint density at radius 3 is 2.47 bits per heavy atom. The molecule has 0 spiro atoms. The van der Waals surface area contributed by atoms with Gasteiger partial charge in [0, 0.05) is 49.2 Å². The molecule has 2 aliphatic carbocycles. The fourth-order valence-electron chi connectivity index (χ4n) is 6.46. The summed E-state index contributed by atoms with van der Waals surface area (Å²) in [6.45, 7) is 2.84. The number of aryl methyl sites for hydroxylation is 1. The van der Waals surface area contributed by atoms with Crippen LogP contribution >= 0.6 is 39.1 Å². The van der Waals surface area contributed by atoms with Gasteiger partial charge in [-0.1, -0.05) is 33.6 Å². The molecule has 2 aliphatic heterocycles. The third-order valence-electron chi connectivity index (χ3n) is 8.39. The van der Waals surface area contributed by atoms with E-state index < -0.39 is 0 Å². The molecular weight excluding hydrogens is 563 g/mol. The number of nitrogens with two attached hydrogens (primary N) is 1. The molecule has 0 aromatic carbocycles. The Hall–Kier alpha value is -1.57. The summed E-state index contributed by atoms with van der Waals surface area (Å²) in [4.78, 5) is 33.1. The van der Waals surface area contributed by atoms with Gasteiger partial charge in [-0.3, -0.25) is 9.78 Å². The number of piperidine rings is 2. The zero-order valence-electron chi connectivity index (χ0n) is 20.4. The van der Waals surface area contributed by atoms with E-state index in [-0.39, 0.29) is 23.2 Å². The average Bonchev–Trinajstić information content (AvgIpc) is 3.01. The molecule has 1 aromatic heterocycles. The zero-order chi connectivity index (χ0) is 25.4. The minimum atomic E-state index is -0.363. The Morgan fingerprint density at radius 2 is 1.78 bits per heavy atom. The molecule has 5 rings (SSSR count). The lowest BCUT2D eigenvalue weighted by Gasteiger charge is -2.39. The van der Waals surface area contributed by atoms with Crippen LogP contribution in [0.3, 0.4) is 0 Å². The number of nitrogens with zero attached hydrogens (tertiary/aromatic N) is 3. The van der Waals surface area contributed by atoms with E-state index in [9.17, 15) is 9.59 Å². The van der Waals surface area contributed by atoms with Gasteiger partial charge in [0.15, 0.2) is 0 Å². The van der Waals surface area contributed by atoms with Crippen molar-refractivity contribution in [2.75, 3.05) is 26.2 Å². The molecule has 0 radical (unpaired) electrons. The first-order valence-corrected chi connectivity index (χ1v) is 14.6. The maximum Gasteiger partial charge on any atom is 0.314 e. The van der Waals surface area contributed by atoms with Crippen LogP contribution in [-0.2, 0) is 11.2 Å². The number of halogens is 3. The molecule has 2 saturated heterocycles. The number of hydrogen-bond donors (Lipinski definition) is 1. The van der Waals surface area contributed by atoms with E-state index in [2.05, 4.69) is 28.1 Å². The number of primary amides is 1. The quantitative estimate of drug-likeness (QED) is 0.450. The lowest BCUT2D eigenvalue weighted by molar-refractivity contribution is -0.134. The van der Waals surface area contributed by atoms with E-state index in [1.54, 1.807) is 11.1 Å².